The standard InChI is InChI=1S/C14H32N2O/c1-2-3-4-5-6-7-8-9-14(17)10-12-16-13-11-15/h14,16-17H,2-13,15H2,1H3. The van der Waals surface area contributed by atoms with Gasteiger partial charge in [0, 0.05) is 13.1 Å². The van der Waals surface area contributed by atoms with E-state index in [2.05, 4.69) is 12.2 Å². The van der Waals surface area contributed by atoms with Crippen LogP contribution in [0.1, 0.15) is 64.7 Å². The minimum Gasteiger partial charge on any atom is -0.393 e. The van der Waals surface area contributed by atoms with Gasteiger partial charge in [-0.05, 0) is 19.4 Å². The SMILES string of the molecule is CCCCCCCCCC(O)CCNCCN. The van der Waals surface area contributed by atoms with Crippen molar-refractivity contribution in [3.8, 4) is 0 Å². The number of nitrogens with one attached hydrogen (secondary N) is 1. The number of hydrogen-bond acceptors (Lipinski definition) is 3. The molecule has 0 fully saturated rings. The molecule has 0 aromatic rings. The molecule has 4 N–H and O–H groups in total. The monoisotopic (exact) mass is 244 g/mol. The fraction of sp³-hybridized carbons (Fsp3) is 1.00. The molecule has 0 aliphatic rings. The minimum absolute atomic E-state index is 0.129. The van der Waals surface area contributed by atoms with E-state index in [1.807, 2.05) is 0 Å². The van der Waals surface area contributed by atoms with Crippen molar-refractivity contribution < 1.29 is 5.11 Å². The molecular weight excluding hydrogens is 212 g/mol. The van der Waals surface area contributed by atoms with Gasteiger partial charge in [-0.1, -0.05) is 51.9 Å². The molecular formula is C14H32N2O. The first kappa shape index (κ1) is 16.9. The van der Waals surface area contributed by atoms with E-state index in [-0.39, 0.29) is 6.10 Å². The molecule has 0 aliphatic carbocycles. The summed E-state index contributed by atoms with van der Waals surface area (Å²) in [5, 5.41) is 12.9. The third-order valence-electron chi connectivity index (χ3n) is 3.12. The normalized spacial score (nSPS) is 12.9. The number of rotatable bonds is 13. The van der Waals surface area contributed by atoms with Gasteiger partial charge in [0.15, 0.2) is 0 Å². The highest BCUT2D eigenvalue weighted by molar-refractivity contribution is 4.59. The van der Waals surface area contributed by atoms with Gasteiger partial charge >= 0.3 is 0 Å². The fourth-order valence-electron chi connectivity index (χ4n) is 1.98. The number of unbranched alkanes of at least 4 members (excludes halogenated alkanes) is 6. The topological polar surface area (TPSA) is 58.3 Å². The van der Waals surface area contributed by atoms with Gasteiger partial charge in [-0.2, -0.15) is 0 Å². The van der Waals surface area contributed by atoms with Gasteiger partial charge in [0.25, 0.3) is 0 Å². The van der Waals surface area contributed by atoms with E-state index < -0.39 is 0 Å². The Balaban J connectivity index is 3.08. The van der Waals surface area contributed by atoms with Crippen LogP contribution in [0.25, 0.3) is 0 Å². The molecule has 1 atom stereocenters. The highest BCUT2D eigenvalue weighted by atomic mass is 16.3. The van der Waals surface area contributed by atoms with E-state index in [0.717, 1.165) is 25.9 Å². The molecule has 3 nitrogen and oxygen atoms in total. The number of aliphatic hydroxyl groups excluding tert-OH is 1. The summed E-state index contributed by atoms with van der Waals surface area (Å²) in [4.78, 5) is 0. The summed E-state index contributed by atoms with van der Waals surface area (Å²) < 4.78 is 0. The van der Waals surface area contributed by atoms with Crippen molar-refractivity contribution in [3.63, 3.8) is 0 Å². The minimum atomic E-state index is -0.129. The van der Waals surface area contributed by atoms with Gasteiger partial charge in [-0.3, -0.25) is 0 Å². The molecule has 0 saturated heterocycles. The van der Waals surface area contributed by atoms with E-state index in [9.17, 15) is 5.11 Å². The zero-order valence-corrected chi connectivity index (χ0v) is 11.6. The van der Waals surface area contributed by atoms with Crippen LogP contribution < -0.4 is 11.1 Å². The van der Waals surface area contributed by atoms with Crippen LogP contribution in [0.3, 0.4) is 0 Å². The Kier molecular flexibility index (Phi) is 13.8. The maximum Gasteiger partial charge on any atom is 0.0552 e. The van der Waals surface area contributed by atoms with Crippen molar-refractivity contribution in [1.29, 1.82) is 0 Å². The first-order valence-corrected chi connectivity index (χ1v) is 7.40. The summed E-state index contributed by atoms with van der Waals surface area (Å²) in [5.41, 5.74) is 5.37. The fourth-order valence-corrected chi connectivity index (χ4v) is 1.98. The maximum absolute atomic E-state index is 9.72. The predicted molar refractivity (Wildman–Crippen MR) is 75.2 cm³/mol. The van der Waals surface area contributed by atoms with Crippen molar-refractivity contribution in [1.82, 2.24) is 5.32 Å². The lowest BCUT2D eigenvalue weighted by Crippen LogP contribution is -2.26. The summed E-state index contributed by atoms with van der Waals surface area (Å²) in [6, 6.07) is 0. The van der Waals surface area contributed by atoms with Crippen LogP contribution >= 0.6 is 0 Å². The van der Waals surface area contributed by atoms with Gasteiger partial charge in [0.05, 0.1) is 6.10 Å². The van der Waals surface area contributed by atoms with Crippen LogP contribution in [-0.4, -0.2) is 30.8 Å². The molecule has 17 heavy (non-hydrogen) atoms. The van der Waals surface area contributed by atoms with Crippen LogP contribution in [0.15, 0.2) is 0 Å². The average molecular weight is 244 g/mol. The van der Waals surface area contributed by atoms with Gasteiger partial charge in [-0.25, -0.2) is 0 Å². The van der Waals surface area contributed by atoms with Crippen LogP contribution in [-0.2, 0) is 0 Å². The van der Waals surface area contributed by atoms with Crippen molar-refractivity contribution in [2.75, 3.05) is 19.6 Å². The lowest BCUT2D eigenvalue weighted by atomic mass is 10.0. The number of aliphatic hydroxyl groups is 1. The van der Waals surface area contributed by atoms with Gasteiger partial charge in [0.2, 0.25) is 0 Å². The first-order chi connectivity index (χ1) is 8.31. The Hall–Kier alpha value is -0.120. The Labute approximate surface area is 107 Å². The molecule has 0 spiro atoms. The van der Waals surface area contributed by atoms with Crippen molar-refractivity contribution in [3.05, 3.63) is 0 Å². The molecule has 0 heterocycles. The largest absolute Gasteiger partial charge is 0.393 e. The van der Waals surface area contributed by atoms with Crippen molar-refractivity contribution in [2.24, 2.45) is 5.73 Å². The highest BCUT2D eigenvalue weighted by Crippen LogP contribution is 2.10. The number of hydrogen-bond donors (Lipinski definition) is 3. The molecule has 0 rings (SSSR count). The van der Waals surface area contributed by atoms with Crippen LogP contribution in [0.4, 0.5) is 0 Å². The van der Waals surface area contributed by atoms with Gasteiger partial charge < -0.3 is 16.2 Å². The highest BCUT2D eigenvalue weighted by Gasteiger charge is 2.02. The van der Waals surface area contributed by atoms with Crippen molar-refractivity contribution in [2.45, 2.75) is 70.8 Å². The molecule has 0 amide bonds. The molecule has 0 aromatic heterocycles. The van der Waals surface area contributed by atoms with Crippen LogP contribution in [0, 0.1) is 0 Å². The summed E-state index contributed by atoms with van der Waals surface area (Å²) >= 11 is 0. The Morgan fingerprint density at radius 1 is 0.941 bits per heavy atom. The lowest BCUT2D eigenvalue weighted by molar-refractivity contribution is 0.150. The van der Waals surface area contributed by atoms with Crippen molar-refractivity contribution >= 4 is 0 Å². The average Bonchev–Trinajstić information content (AvgIpc) is 2.33. The van der Waals surface area contributed by atoms with E-state index in [1.54, 1.807) is 0 Å². The second-order valence-electron chi connectivity index (χ2n) is 4.89. The maximum atomic E-state index is 9.72. The van der Waals surface area contributed by atoms with Crippen LogP contribution in [0.5, 0.6) is 0 Å². The quantitative estimate of drug-likeness (QED) is 0.436. The zero-order chi connectivity index (χ0) is 12.8. The first-order valence-electron chi connectivity index (χ1n) is 7.40. The second-order valence-corrected chi connectivity index (χ2v) is 4.89. The lowest BCUT2D eigenvalue weighted by Gasteiger charge is -2.10. The summed E-state index contributed by atoms with van der Waals surface area (Å²) in [5.74, 6) is 0. The van der Waals surface area contributed by atoms with E-state index >= 15 is 0 Å². The van der Waals surface area contributed by atoms with E-state index in [0.29, 0.717) is 6.54 Å². The smallest absolute Gasteiger partial charge is 0.0552 e. The summed E-state index contributed by atoms with van der Waals surface area (Å²) in [6.07, 6.45) is 10.9. The molecule has 0 radical (unpaired) electrons. The Morgan fingerprint density at radius 3 is 2.24 bits per heavy atom. The van der Waals surface area contributed by atoms with Gasteiger partial charge in [-0.15, -0.1) is 0 Å². The molecule has 1 unspecified atom stereocenters. The van der Waals surface area contributed by atoms with E-state index in [4.69, 9.17) is 5.73 Å². The third kappa shape index (κ3) is 13.8. The molecule has 3 heteroatoms. The van der Waals surface area contributed by atoms with Crippen LogP contribution in [0.2, 0.25) is 0 Å². The predicted octanol–water partition coefficient (Wildman–Crippen LogP) is 2.43. The second kappa shape index (κ2) is 13.9. The molecule has 0 aliphatic heterocycles. The Bertz CT molecular complexity index is 142. The molecule has 104 valence electrons. The number of nitrogens with two attached hydrogens (primary N) is 1. The molecule has 0 bridgehead atoms. The zero-order valence-electron chi connectivity index (χ0n) is 11.6. The molecule has 0 aromatic carbocycles. The summed E-state index contributed by atoms with van der Waals surface area (Å²) in [7, 11) is 0. The van der Waals surface area contributed by atoms with E-state index in [1.165, 1.54) is 44.9 Å². The third-order valence-corrected chi connectivity index (χ3v) is 3.12. The summed E-state index contributed by atoms with van der Waals surface area (Å²) in [6.45, 7) is 4.65. The molecule has 0 saturated carbocycles. The Morgan fingerprint density at radius 2 is 1.59 bits per heavy atom. The van der Waals surface area contributed by atoms with Gasteiger partial charge in [0.1, 0.15) is 0 Å².